The van der Waals surface area contributed by atoms with Crippen molar-refractivity contribution >= 4 is 39.0 Å². The highest BCUT2D eigenvalue weighted by Gasteiger charge is 2.22. The SMILES string of the molecule is CC(C)OCCS(=O)(=O)c1cc(C(=O)O)c(Cl)cc1Cl. The number of sulfone groups is 1. The van der Waals surface area contributed by atoms with Gasteiger partial charge in [-0.2, -0.15) is 0 Å². The van der Waals surface area contributed by atoms with E-state index in [9.17, 15) is 13.2 Å². The van der Waals surface area contributed by atoms with Crippen molar-refractivity contribution in [2.75, 3.05) is 12.4 Å². The molecule has 0 radical (unpaired) electrons. The molecular formula is C12H14Cl2O5S. The number of rotatable bonds is 6. The third kappa shape index (κ3) is 4.34. The van der Waals surface area contributed by atoms with E-state index in [4.69, 9.17) is 33.0 Å². The summed E-state index contributed by atoms with van der Waals surface area (Å²) >= 11 is 11.5. The molecule has 0 aromatic heterocycles. The van der Waals surface area contributed by atoms with E-state index in [1.165, 1.54) is 0 Å². The lowest BCUT2D eigenvalue weighted by Gasteiger charge is -2.10. The number of hydrogen-bond acceptors (Lipinski definition) is 4. The van der Waals surface area contributed by atoms with Gasteiger partial charge in [-0.3, -0.25) is 0 Å². The Labute approximate surface area is 127 Å². The van der Waals surface area contributed by atoms with Gasteiger partial charge in [0, 0.05) is 0 Å². The van der Waals surface area contributed by atoms with Gasteiger partial charge in [-0.05, 0) is 26.0 Å². The minimum absolute atomic E-state index is 0.00135. The van der Waals surface area contributed by atoms with E-state index >= 15 is 0 Å². The van der Waals surface area contributed by atoms with Crippen LogP contribution >= 0.6 is 23.2 Å². The fourth-order valence-electron chi connectivity index (χ4n) is 1.43. The van der Waals surface area contributed by atoms with Crippen molar-refractivity contribution in [3.8, 4) is 0 Å². The number of benzene rings is 1. The molecule has 0 saturated heterocycles. The Balaban J connectivity index is 3.11. The predicted octanol–water partition coefficient (Wildman–Crippen LogP) is 2.89. The lowest BCUT2D eigenvalue weighted by molar-refractivity contribution is 0.0696. The van der Waals surface area contributed by atoms with Crippen molar-refractivity contribution in [2.24, 2.45) is 0 Å². The fourth-order valence-corrected chi connectivity index (χ4v) is 3.44. The highest BCUT2D eigenvalue weighted by Crippen LogP contribution is 2.29. The van der Waals surface area contributed by atoms with E-state index in [1.54, 1.807) is 13.8 Å². The zero-order valence-electron chi connectivity index (χ0n) is 10.9. The van der Waals surface area contributed by atoms with Crippen LogP contribution in [0.15, 0.2) is 17.0 Å². The Morgan fingerprint density at radius 3 is 2.40 bits per heavy atom. The molecule has 1 N–H and O–H groups in total. The number of ether oxygens (including phenoxy) is 1. The second kappa shape index (κ2) is 6.76. The first kappa shape index (κ1) is 17.2. The van der Waals surface area contributed by atoms with E-state index in [2.05, 4.69) is 0 Å². The van der Waals surface area contributed by atoms with Crippen LogP contribution in [0.5, 0.6) is 0 Å². The number of hydrogen-bond donors (Lipinski definition) is 1. The number of carboxylic acids is 1. The summed E-state index contributed by atoms with van der Waals surface area (Å²) in [7, 11) is -3.74. The third-order valence-electron chi connectivity index (χ3n) is 2.39. The summed E-state index contributed by atoms with van der Waals surface area (Å²) in [5.74, 6) is -1.60. The van der Waals surface area contributed by atoms with Crippen molar-refractivity contribution in [2.45, 2.75) is 24.8 Å². The zero-order valence-corrected chi connectivity index (χ0v) is 13.2. The van der Waals surface area contributed by atoms with Crippen molar-refractivity contribution in [1.82, 2.24) is 0 Å². The van der Waals surface area contributed by atoms with Gasteiger partial charge in [0.1, 0.15) is 0 Å². The predicted molar refractivity (Wildman–Crippen MR) is 76.6 cm³/mol. The van der Waals surface area contributed by atoms with Crippen LogP contribution in [0, 0.1) is 0 Å². The molecule has 1 aromatic carbocycles. The molecule has 1 aromatic rings. The standard InChI is InChI=1S/C12H14Cl2O5S/c1-7(2)19-3-4-20(17,18)11-5-8(12(15)16)9(13)6-10(11)14/h5-7H,3-4H2,1-2H3,(H,15,16). The van der Waals surface area contributed by atoms with Crippen LogP contribution < -0.4 is 0 Å². The van der Waals surface area contributed by atoms with E-state index in [-0.39, 0.29) is 39.0 Å². The van der Waals surface area contributed by atoms with Gasteiger partial charge in [0.15, 0.2) is 9.84 Å². The first-order valence-corrected chi connectivity index (χ1v) is 8.12. The molecule has 0 atom stereocenters. The Morgan fingerprint density at radius 2 is 1.90 bits per heavy atom. The third-order valence-corrected chi connectivity index (χ3v) is 4.84. The summed E-state index contributed by atoms with van der Waals surface area (Å²) in [5.41, 5.74) is -0.306. The van der Waals surface area contributed by atoms with Crippen molar-refractivity contribution in [3.05, 3.63) is 27.7 Å². The highest BCUT2D eigenvalue weighted by atomic mass is 35.5. The minimum Gasteiger partial charge on any atom is -0.478 e. The smallest absolute Gasteiger partial charge is 0.337 e. The maximum absolute atomic E-state index is 12.1. The quantitative estimate of drug-likeness (QED) is 0.860. The number of halogens is 2. The average Bonchev–Trinajstić information content (AvgIpc) is 2.26. The topological polar surface area (TPSA) is 80.7 Å². The van der Waals surface area contributed by atoms with E-state index in [0.29, 0.717) is 0 Å². The van der Waals surface area contributed by atoms with Gasteiger partial charge in [0.05, 0.1) is 39.0 Å². The first-order valence-electron chi connectivity index (χ1n) is 5.72. The van der Waals surface area contributed by atoms with Gasteiger partial charge < -0.3 is 9.84 Å². The highest BCUT2D eigenvalue weighted by molar-refractivity contribution is 7.91. The maximum atomic E-state index is 12.1. The Morgan fingerprint density at radius 1 is 1.30 bits per heavy atom. The first-order chi connectivity index (χ1) is 9.15. The minimum atomic E-state index is -3.74. The van der Waals surface area contributed by atoms with E-state index in [0.717, 1.165) is 12.1 Å². The van der Waals surface area contributed by atoms with Gasteiger partial charge in [0.25, 0.3) is 0 Å². The molecule has 0 bridgehead atoms. The van der Waals surface area contributed by atoms with Gasteiger partial charge in [0.2, 0.25) is 0 Å². The molecular weight excluding hydrogens is 327 g/mol. The molecule has 8 heteroatoms. The normalized spacial score (nSPS) is 11.8. The van der Waals surface area contributed by atoms with Crippen LogP contribution in [0.3, 0.4) is 0 Å². The molecule has 0 heterocycles. The second-order valence-electron chi connectivity index (χ2n) is 4.31. The Bertz CT molecular complexity index is 611. The van der Waals surface area contributed by atoms with Gasteiger partial charge in [-0.25, -0.2) is 13.2 Å². The fraction of sp³-hybridized carbons (Fsp3) is 0.417. The van der Waals surface area contributed by atoms with Gasteiger partial charge in [-0.15, -0.1) is 0 Å². The van der Waals surface area contributed by atoms with Crippen molar-refractivity contribution in [3.63, 3.8) is 0 Å². The molecule has 20 heavy (non-hydrogen) atoms. The van der Waals surface area contributed by atoms with Crippen LogP contribution in [0.2, 0.25) is 10.0 Å². The lowest BCUT2D eigenvalue weighted by Crippen LogP contribution is -2.16. The molecule has 0 aliphatic heterocycles. The van der Waals surface area contributed by atoms with Crippen LogP contribution in [-0.4, -0.2) is 38.0 Å². The Kier molecular flexibility index (Phi) is 5.82. The summed E-state index contributed by atoms with van der Waals surface area (Å²) in [6.45, 7) is 3.57. The largest absolute Gasteiger partial charge is 0.478 e. The summed E-state index contributed by atoms with van der Waals surface area (Å²) in [4.78, 5) is 10.7. The number of aromatic carboxylic acids is 1. The number of carboxylic acid groups (broad SMARTS) is 1. The summed E-state index contributed by atoms with van der Waals surface area (Å²) in [5, 5.41) is 8.73. The van der Waals surface area contributed by atoms with Crippen molar-refractivity contribution in [1.29, 1.82) is 0 Å². The van der Waals surface area contributed by atoms with Crippen LogP contribution in [0.25, 0.3) is 0 Å². The molecule has 0 aliphatic carbocycles. The average molecular weight is 341 g/mol. The molecule has 112 valence electrons. The maximum Gasteiger partial charge on any atom is 0.337 e. The summed E-state index contributed by atoms with van der Waals surface area (Å²) in [6.07, 6.45) is -0.0968. The van der Waals surface area contributed by atoms with Gasteiger partial charge in [-0.1, -0.05) is 23.2 Å². The van der Waals surface area contributed by atoms with Gasteiger partial charge >= 0.3 is 5.97 Å². The molecule has 0 fully saturated rings. The van der Waals surface area contributed by atoms with Crippen LogP contribution in [0.4, 0.5) is 0 Å². The summed E-state index contributed by atoms with van der Waals surface area (Å²) < 4.78 is 29.4. The summed E-state index contributed by atoms with van der Waals surface area (Å²) in [6, 6.07) is 2.08. The molecule has 0 saturated carbocycles. The molecule has 0 aliphatic rings. The molecule has 0 amide bonds. The molecule has 1 rings (SSSR count). The number of carbonyl (C=O) groups is 1. The second-order valence-corrected chi connectivity index (χ2v) is 7.20. The van der Waals surface area contributed by atoms with Crippen LogP contribution in [0.1, 0.15) is 24.2 Å². The van der Waals surface area contributed by atoms with Crippen molar-refractivity contribution < 1.29 is 23.1 Å². The van der Waals surface area contributed by atoms with Crippen LogP contribution in [-0.2, 0) is 14.6 Å². The van der Waals surface area contributed by atoms with E-state index in [1.807, 2.05) is 0 Å². The Hall–Kier alpha value is -0.820. The molecule has 0 unspecified atom stereocenters. The molecule has 0 spiro atoms. The monoisotopic (exact) mass is 340 g/mol. The van der Waals surface area contributed by atoms with E-state index < -0.39 is 15.8 Å². The molecule has 5 nitrogen and oxygen atoms in total. The zero-order chi connectivity index (χ0) is 15.5. The lowest BCUT2D eigenvalue weighted by atomic mass is 10.2.